The van der Waals surface area contributed by atoms with Gasteiger partial charge in [-0.1, -0.05) is 6.92 Å². The van der Waals surface area contributed by atoms with Crippen LogP contribution in [0.2, 0.25) is 0 Å². The number of carbonyl (C=O) groups excluding carboxylic acids is 3. The number of carbonyl (C=O) groups is 3. The largest absolute Gasteiger partial charge is 0.465 e. The average molecular weight is 308 g/mol. The van der Waals surface area contributed by atoms with E-state index in [1.54, 1.807) is 0 Å². The van der Waals surface area contributed by atoms with E-state index in [1.807, 2.05) is 13.8 Å². The molecule has 0 aromatic heterocycles. The highest BCUT2D eigenvalue weighted by Gasteiger charge is 2.17. The quantitative estimate of drug-likeness (QED) is 0.813. The van der Waals surface area contributed by atoms with Crippen LogP contribution < -0.4 is 10.6 Å². The number of nitrogens with one attached hydrogen (secondary N) is 2. The predicted molar refractivity (Wildman–Crippen MR) is 81.0 cm³/mol. The number of rotatable bonds is 5. The van der Waals surface area contributed by atoms with Gasteiger partial charge in [0, 0.05) is 6.04 Å². The van der Waals surface area contributed by atoms with Crippen LogP contribution in [-0.4, -0.2) is 38.2 Å². The van der Waals surface area contributed by atoms with Crippen molar-refractivity contribution >= 4 is 23.7 Å². The molecule has 0 aliphatic heterocycles. The molecule has 1 rings (SSSR count). The highest BCUT2D eigenvalue weighted by Crippen LogP contribution is 2.19. The summed E-state index contributed by atoms with van der Waals surface area (Å²) in [6.45, 7) is 3.79. The van der Waals surface area contributed by atoms with Crippen LogP contribution in [0.5, 0.6) is 0 Å². The highest BCUT2D eigenvalue weighted by molar-refractivity contribution is 6.03. The smallest absolute Gasteiger partial charge is 0.339 e. The molecule has 1 atom stereocenters. The van der Waals surface area contributed by atoms with Gasteiger partial charge in [-0.3, -0.25) is 0 Å². The van der Waals surface area contributed by atoms with Crippen molar-refractivity contribution in [1.82, 2.24) is 5.32 Å². The van der Waals surface area contributed by atoms with Gasteiger partial charge in [0.1, 0.15) is 0 Å². The molecule has 0 aliphatic carbocycles. The molecule has 1 aromatic carbocycles. The van der Waals surface area contributed by atoms with Gasteiger partial charge in [-0.2, -0.15) is 0 Å². The minimum absolute atomic E-state index is 0.0228. The minimum Gasteiger partial charge on any atom is -0.465 e. The zero-order valence-corrected chi connectivity index (χ0v) is 13.1. The summed E-state index contributed by atoms with van der Waals surface area (Å²) >= 11 is 0. The zero-order valence-electron chi connectivity index (χ0n) is 13.1. The molecule has 7 nitrogen and oxygen atoms in total. The predicted octanol–water partition coefficient (Wildman–Crippen LogP) is 2.18. The summed E-state index contributed by atoms with van der Waals surface area (Å²) < 4.78 is 9.28. The number of urea groups is 1. The van der Waals surface area contributed by atoms with Crippen molar-refractivity contribution in [2.75, 3.05) is 19.5 Å². The van der Waals surface area contributed by atoms with E-state index in [4.69, 9.17) is 0 Å². The normalized spacial score (nSPS) is 11.3. The summed E-state index contributed by atoms with van der Waals surface area (Å²) in [4.78, 5) is 35.2. The van der Waals surface area contributed by atoms with E-state index >= 15 is 0 Å². The monoisotopic (exact) mass is 308 g/mol. The standard InChI is InChI=1S/C15H20N2O5/c1-5-9(2)16-15(20)17-12-8-10(13(18)21-3)6-7-11(12)14(19)22-4/h6-9H,5H2,1-4H3,(H2,16,17,20). The molecule has 0 fully saturated rings. The summed E-state index contributed by atoms with van der Waals surface area (Å²) in [5.74, 6) is -1.18. The Bertz CT molecular complexity index is 571. The van der Waals surface area contributed by atoms with E-state index in [-0.39, 0.29) is 22.9 Å². The first-order valence-corrected chi connectivity index (χ1v) is 6.81. The third kappa shape index (κ3) is 4.47. The van der Waals surface area contributed by atoms with Crippen LogP contribution in [-0.2, 0) is 9.47 Å². The first-order chi connectivity index (χ1) is 10.4. The van der Waals surface area contributed by atoms with Crippen molar-refractivity contribution in [2.45, 2.75) is 26.3 Å². The lowest BCUT2D eigenvalue weighted by Crippen LogP contribution is -2.36. The van der Waals surface area contributed by atoms with Gasteiger partial charge < -0.3 is 20.1 Å². The van der Waals surface area contributed by atoms with Gasteiger partial charge in [0.2, 0.25) is 0 Å². The lowest BCUT2D eigenvalue weighted by molar-refractivity contribution is 0.0587. The second-order valence-electron chi connectivity index (χ2n) is 4.65. The molecule has 0 spiro atoms. The van der Waals surface area contributed by atoms with E-state index in [2.05, 4.69) is 20.1 Å². The number of hydrogen-bond donors (Lipinski definition) is 2. The molecule has 1 unspecified atom stereocenters. The molecule has 22 heavy (non-hydrogen) atoms. The molecule has 120 valence electrons. The van der Waals surface area contributed by atoms with Gasteiger partial charge in [-0.15, -0.1) is 0 Å². The molecular formula is C15H20N2O5. The number of amides is 2. The lowest BCUT2D eigenvalue weighted by Gasteiger charge is -2.15. The van der Waals surface area contributed by atoms with E-state index in [1.165, 1.54) is 32.4 Å². The van der Waals surface area contributed by atoms with E-state index in [0.29, 0.717) is 0 Å². The van der Waals surface area contributed by atoms with E-state index in [0.717, 1.165) is 6.42 Å². The van der Waals surface area contributed by atoms with Crippen molar-refractivity contribution < 1.29 is 23.9 Å². The molecule has 7 heteroatoms. The fraction of sp³-hybridized carbons (Fsp3) is 0.400. The van der Waals surface area contributed by atoms with Gasteiger partial charge in [-0.25, -0.2) is 14.4 Å². The van der Waals surface area contributed by atoms with Crippen LogP contribution in [0.4, 0.5) is 10.5 Å². The summed E-state index contributed by atoms with van der Waals surface area (Å²) in [6, 6.07) is 3.70. The van der Waals surface area contributed by atoms with Crippen molar-refractivity contribution in [3.8, 4) is 0 Å². The molecule has 0 heterocycles. The van der Waals surface area contributed by atoms with Crippen molar-refractivity contribution in [3.05, 3.63) is 29.3 Å². The summed E-state index contributed by atoms with van der Waals surface area (Å²) in [5.41, 5.74) is 0.541. The van der Waals surface area contributed by atoms with Gasteiger partial charge in [0.25, 0.3) is 0 Å². The number of anilines is 1. The maximum atomic E-state index is 11.9. The van der Waals surface area contributed by atoms with Gasteiger partial charge in [-0.05, 0) is 31.5 Å². The number of hydrogen-bond acceptors (Lipinski definition) is 5. The van der Waals surface area contributed by atoms with Crippen LogP contribution in [0.15, 0.2) is 18.2 Å². The Labute approximate surface area is 129 Å². The molecule has 0 aliphatic rings. The summed E-state index contributed by atoms with van der Waals surface area (Å²) in [5, 5.41) is 5.26. The molecule has 1 aromatic rings. The number of ether oxygens (including phenoxy) is 2. The Morgan fingerprint density at radius 1 is 1.14 bits per heavy atom. The second kappa shape index (κ2) is 8.02. The molecule has 0 saturated carbocycles. The molecule has 0 bridgehead atoms. The van der Waals surface area contributed by atoms with Crippen LogP contribution in [0, 0.1) is 0 Å². The van der Waals surface area contributed by atoms with Gasteiger partial charge >= 0.3 is 18.0 Å². The average Bonchev–Trinajstić information content (AvgIpc) is 2.52. The number of esters is 2. The minimum atomic E-state index is -0.616. The molecule has 2 amide bonds. The van der Waals surface area contributed by atoms with Gasteiger partial charge in [0.05, 0.1) is 31.0 Å². The highest BCUT2D eigenvalue weighted by atomic mass is 16.5. The fourth-order valence-electron chi connectivity index (χ4n) is 1.66. The van der Waals surface area contributed by atoms with Crippen LogP contribution in [0.3, 0.4) is 0 Å². The van der Waals surface area contributed by atoms with Crippen molar-refractivity contribution in [1.29, 1.82) is 0 Å². The first-order valence-electron chi connectivity index (χ1n) is 6.81. The summed E-state index contributed by atoms with van der Waals surface area (Å²) in [6.07, 6.45) is 0.763. The topological polar surface area (TPSA) is 93.7 Å². The first kappa shape index (κ1) is 17.5. The SMILES string of the molecule is CCC(C)NC(=O)Nc1cc(C(=O)OC)ccc1C(=O)OC. The van der Waals surface area contributed by atoms with Crippen LogP contribution >= 0.6 is 0 Å². The third-order valence-corrected chi connectivity index (χ3v) is 3.08. The molecule has 2 N–H and O–H groups in total. The third-order valence-electron chi connectivity index (χ3n) is 3.08. The number of methoxy groups -OCH3 is 2. The van der Waals surface area contributed by atoms with Crippen LogP contribution in [0.1, 0.15) is 41.0 Å². The Balaban J connectivity index is 3.08. The van der Waals surface area contributed by atoms with E-state index < -0.39 is 18.0 Å². The number of benzene rings is 1. The Morgan fingerprint density at radius 2 is 1.77 bits per heavy atom. The summed E-state index contributed by atoms with van der Waals surface area (Å²) in [7, 11) is 2.48. The van der Waals surface area contributed by atoms with E-state index in [9.17, 15) is 14.4 Å². The molecular weight excluding hydrogens is 288 g/mol. The molecule has 0 radical (unpaired) electrons. The second-order valence-corrected chi connectivity index (χ2v) is 4.65. The maximum Gasteiger partial charge on any atom is 0.339 e. The van der Waals surface area contributed by atoms with Crippen molar-refractivity contribution in [3.63, 3.8) is 0 Å². The fourth-order valence-corrected chi connectivity index (χ4v) is 1.66. The van der Waals surface area contributed by atoms with Crippen molar-refractivity contribution in [2.24, 2.45) is 0 Å². The zero-order chi connectivity index (χ0) is 16.7. The Morgan fingerprint density at radius 3 is 2.32 bits per heavy atom. The maximum absolute atomic E-state index is 11.9. The Kier molecular flexibility index (Phi) is 6.37. The van der Waals surface area contributed by atoms with Crippen LogP contribution in [0.25, 0.3) is 0 Å². The lowest BCUT2D eigenvalue weighted by atomic mass is 10.1. The Hall–Kier alpha value is -2.57. The molecule has 0 saturated heterocycles. The van der Waals surface area contributed by atoms with Gasteiger partial charge in [0.15, 0.2) is 0 Å².